The van der Waals surface area contributed by atoms with Crippen LogP contribution in [0.5, 0.6) is 5.06 Å². The van der Waals surface area contributed by atoms with Crippen LogP contribution in [0.25, 0.3) is 11.1 Å². The van der Waals surface area contributed by atoms with Gasteiger partial charge in [0, 0.05) is 11.4 Å². The maximum atomic E-state index is 11.4. The highest BCUT2D eigenvalue weighted by Gasteiger charge is 2.30. The lowest BCUT2D eigenvalue weighted by molar-refractivity contribution is -0.142. The number of carbonyl (C=O) groups is 1. The number of rotatable bonds is 7. The van der Waals surface area contributed by atoms with E-state index in [1.165, 1.54) is 22.3 Å². The zero-order valence-electron chi connectivity index (χ0n) is 16.5. The van der Waals surface area contributed by atoms with E-state index in [2.05, 4.69) is 49.4 Å². The Labute approximate surface area is 175 Å². The standard InChI is InChI=1S/C24H25NO3S/c1-17-19(9-5-10-21(17)18-7-3-2-4-8-18)16-28-23-13-12-20(29-23)15-25-14-6-11-22(25)24(26)27/h2-5,7-10,12-13,22H,6,11,14-16H2,1H3,(H,26,27)/t22-/m0/s1. The lowest BCUT2D eigenvalue weighted by Crippen LogP contribution is -2.35. The highest BCUT2D eigenvalue weighted by atomic mass is 32.1. The van der Waals surface area contributed by atoms with Gasteiger partial charge < -0.3 is 9.84 Å². The number of ether oxygens (including phenoxy) is 1. The van der Waals surface area contributed by atoms with Crippen molar-refractivity contribution in [3.05, 3.63) is 76.7 Å². The van der Waals surface area contributed by atoms with Gasteiger partial charge in [-0.15, -0.1) is 11.3 Å². The number of benzene rings is 2. The minimum atomic E-state index is -0.718. The average molecular weight is 408 g/mol. The second-order valence-corrected chi connectivity index (χ2v) is 8.56. The van der Waals surface area contributed by atoms with Crippen molar-refractivity contribution in [2.45, 2.75) is 39.0 Å². The van der Waals surface area contributed by atoms with Crippen molar-refractivity contribution in [1.82, 2.24) is 4.90 Å². The average Bonchev–Trinajstić information content (AvgIpc) is 3.38. The molecule has 3 aromatic rings. The van der Waals surface area contributed by atoms with Crippen LogP contribution in [0.3, 0.4) is 0 Å². The fraction of sp³-hybridized carbons (Fsp3) is 0.292. The Morgan fingerprint density at radius 3 is 2.76 bits per heavy atom. The number of hydrogen-bond donors (Lipinski definition) is 1. The molecule has 1 aromatic heterocycles. The maximum absolute atomic E-state index is 11.4. The summed E-state index contributed by atoms with van der Waals surface area (Å²) in [5.74, 6) is -0.718. The number of likely N-dealkylation sites (tertiary alicyclic amines) is 1. The summed E-state index contributed by atoms with van der Waals surface area (Å²) in [5, 5.41) is 10.2. The molecule has 5 heteroatoms. The Morgan fingerprint density at radius 2 is 1.97 bits per heavy atom. The minimum Gasteiger partial charge on any atom is -0.480 e. The van der Waals surface area contributed by atoms with Gasteiger partial charge in [0.25, 0.3) is 0 Å². The largest absolute Gasteiger partial charge is 0.480 e. The van der Waals surface area contributed by atoms with Gasteiger partial charge in [0.1, 0.15) is 12.6 Å². The summed E-state index contributed by atoms with van der Waals surface area (Å²) in [7, 11) is 0. The van der Waals surface area contributed by atoms with Crippen LogP contribution in [-0.4, -0.2) is 28.6 Å². The van der Waals surface area contributed by atoms with Crippen LogP contribution in [-0.2, 0) is 17.9 Å². The molecule has 1 saturated heterocycles. The van der Waals surface area contributed by atoms with E-state index in [1.807, 2.05) is 23.1 Å². The summed E-state index contributed by atoms with van der Waals surface area (Å²) in [6.07, 6.45) is 1.68. The molecule has 150 valence electrons. The van der Waals surface area contributed by atoms with Crippen LogP contribution in [0.15, 0.2) is 60.7 Å². The molecule has 2 aromatic carbocycles. The van der Waals surface area contributed by atoms with Crippen molar-refractivity contribution >= 4 is 17.3 Å². The number of aliphatic carboxylic acids is 1. The highest BCUT2D eigenvalue weighted by Crippen LogP contribution is 2.30. The van der Waals surface area contributed by atoms with E-state index in [-0.39, 0.29) is 6.04 Å². The molecule has 4 rings (SSSR count). The van der Waals surface area contributed by atoms with Gasteiger partial charge in [-0.1, -0.05) is 48.5 Å². The van der Waals surface area contributed by atoms with Gasteiger partial charge in [0.15, 0.2) is 5.06 Å². The van der Waals surface area contributed by atoms with Gasteiger partial charge in [0.05, 0.1) is 0 Å². The molecule has 1 atom stereocenters. The molecular formula is C24H25NO3S. The molecule has 2 heterocycles. The SMILES string of the molecule is Cc1c(COc2ccc(CN3CCC[C@H]3C(=O)O)s2)cccc1-c1ccccc1. The molecule has 1 aliphatic heterocycles. The van der Waals surface area contributed by atoms with Crippen molar-refractivity contribution in [2.75, 3.05) is 6.54 Å². The van der Waals surface area contributed by atoms with E-state index in [1.54, 1.807) is 11.3 Å². The molecule has 0 radical (unpaired) electrons. The lowest BCUT2D eigenvalue weighted by atomic mass is 9.97. The first-order valence-corrected chi connectivity index (χ1v) is 10.8. The summed E-state index contributed by atoms with van der Waals surface area (Å²) >= 11 is 1.60. The summed E-state index contributed by atoms with van der Waals surface area (Å²) < 4.78 is 6.07. The van der Waals surface area contributed by atoms with E-state index >= 15 is 0 Å². The second-order valence-electron chi connectivity index (χ2n) is 7.43. The van der Waals surface area contributed by atoms with Crippen LogP contribution in [0.4, 0.5) is 0 Å². The molecule has 0 bridgehead atoms. The zero-order valence-corrected chi connectivity index (χ0v) is 17.3. The van der Waals surface area contributed by atoms with Gasteiger partial charge in [-0.3, -0.25) is 9.69 Å². The quantitative estimate of drug-likeness (QED) is 0.573. The van der Waals surface area contributed by atoms with Gasteiger partial charge in [-0.2, -0.15) is 0 Å². The number of carboxylic acids is 1. The third kappa shape index (κ3) is 4.52. The van der Waals surface area contributed by atoms with Crippen LogP contribution < -0.4 is 4.74 Å². The molecule has 0 saturated carbocycles. The predicted molar refractivity (Wildman–Crippen MR) is 116 cm³/mol. The fourth-order valence-corrected chi connectivity index (χ4v) is 4.81. The van der Waals surface area contributed by atoms with Crippen molar-refractivity contribution in [3.63, 3.8) is 0 Å². The molecule has 1 N–H and O–H groups in total. The van der Waals surface area contributed by atoms with Gasteiger partial charge in [-0.05, 0) is 60.7 Å². The molecule has 0 aliphatic carbocycles. The van der Waals surface area contributed by atoms with Crippen LogP contribution >= 0.6 is 11.3 Å². The monoisotopic (exact) mass is 407 g/mol. The van der Waals surface area contributed by atoms with E-state index in [4.69, 9.17) is 4.74 Å². The molecule has 0 unspecified atom stereocenters. The molecule has 29 heavy (non-hydrogen) atoms. The molecule has 1 aliphatic rings. The third-order valence-electron chi connectivity index (χ3n) is 5.55. The lowest BCUT2D eigenvalue weighted by Gasteiger charge is -2.19. The molecule has 4 nitrogen and oxygen atoms in total. The number of nitrogens with zero attached hydrogens (tertiary/aromatic N) is 1. The number of carboxylic acid groups (broad SMARTS) is 1. The van der Waals surface area contributed by atoms with Crippen molar-refractivity contribution < 1.29 is 14.6 Å². The first-order chi connectivity index (χ1) is 14.1. The van der Waals surface area contributed by atoms with E-state index in [0.717, 1.165) is 29.3 Å². The Balaban J connectivity index is 1.41. The van der Waals surface area contributed by atoms with Crippen molar-refractivity contribution in [1.29, 1.82) is 0 Å². The molecule has 0 spiro atoms. The maximum Gasteiger partial charge on any atom is 0.320 e. The van der Waals surface area contributed by atoms with Gasteiger partial charge in [0.2, 0.25) is 0 Å². The van der Waals surface area contributed by atoms with Crippen LogP contribution in [0.1, 0.15) is 28.8 Å². The number of thiophene rings is 1. The van der Waals surface area contributed by atoms with Gasteiger partial charge >= 0.3 is 5.97 Å². The molecule has 1 fully saturated rings. The third-order valence-corrected chi connectivity index (χ3v) is 6.53. The minimum absolute atomic E-state index is 0.357. The number of hydrogen-bond acceptors (Lipinski definition) is 4. The van der Waals surface area contributed by atoms with E-state index in [9.17, 15) is 9.90 Å². The van der Waals surface area contributed by atoms with Crippen molar-refractivity contribution in [2.24, 2.45) is 0 Å². The fourth-order valence-electron chi connectivity index (χ4n) is 3.94. The van der Waals surface area contributed by atoms with Crippen molar-refractivity contribution in [3.8, 4) is 16.2 Å². The van der Waals surface area contributed by atoms with Gasteiger partial charge in [-0.25, -0.2) is 0 Å². The summed E-state index contributed by atoms with van der Waals surface area (Å²) in [5.41, 5.74) is 4.85. The normalized spacial score (nSPS) is 16.8. The first kappa shape index (κ1) is 19.7. The molecular weight excluding hydrogens is 382 g/mol. The topological polar surface area (TPSA) is 49.8 Å². The molecule has 0 amide bonds. The first-order valence-electron chi connectivity index (χ1n) is 9.94. The van der Waals surface area contributed by atoms with E-state index < -0.39 is 5.97 Å². The Hall–Kier alpha value is -2.63. The Kier molecular flexibility index (Phi) is 5.97. The zero-order chi connectivity index (χ0) is 20.2. The summed E-state index contributed by atoms with van der Waals surface area (Å²) in [4.78, 5) is 14.6. The Bertz CT molecular complexity index is 983. The summed E-state index contributed by atoms with van der Waals surface area (Å²) in [6, 6.07) is 20.4. The smallest absolute Gasteiger partial charge is 0.320 e. The second kappa shape index (κ2) is 8.80. The Morgan fingerprint density at radius 1 is 1.14 bits per heavy atom. The van der Waals surface area contributed by atoms with E-state index in [0.29, 0.717) is 13.2 Å². The van der Waals surface area contributed by atoms with Crippen LogP contribution in [0, 0.1) is 6.92 Å². The predicted octanol–water partition coefficient (Wildman–Crippen LogP) is 5.35. The van der Waals surface area contributed by atoms with Crippen LogP contribution in [0.2, 0.25) is 0 Å². The highest BCUT2D eigenvalue weighted by molar-refractivity contribution is 7.13. The summed E-state index contributed by atoms with van der Waals surface area (Å²) in [6.45, 7) is 4.18.